The van der Waals surface area contributed by atoms with Crippen molar-refractivity contribution in [3.63, 3.8) is 0 Å². The van der Waals surface area contributed by atoms with Crippen LogP contribution in [0.5, 0.6) is 5.75 Å². The molecule has 90 valence electrons. The first-order valence-electron chi connectivity index (χ1n) is 4.49. The summed E-state index contributed by atoms with van der Waals surface area (Å²) in [6.07, 6.45) is 0. The summed E-state index contributed by atoms with van der Waals surface area (Å²) in [6, 6.07) is 4.28. The van der Waals surface area contributed by atoms with E-state index in [1.165, 1.54) is 18.2 Å². The van der Waals surface area contributed by atoms with Crippen molar-refractivity contribution in [3.8, 4) is 5.75 Å². The largest absolute Gasteiger partial charge is 0.434 e. The van der Waals surface area contributed by atoms with Crippen molar-refractivity contribution in [2.45, 2.75) is 26.1 Å². The van der Waals surface area contributed by atoms with Gasteiger partial charge in [-0.3, -0.25) is 4.84 Å². The normalized spacial score (nSPS) is 11.9. The lowest BCUT2D eigenvalue weighted by molar-refractivity contribution is -0.0595. The highest BCUT2D eigenvalue weighted by Gasteiger charge is 2.26. The van der Waals surface area contributed by atoms with E-state index >= 15 is 0 Å². The van der Waals surface area contributed by atoms with Crippen LogP contribution in [0, 0.1) is 0 Å². The van der Waals surface area contributed by atoms with Crippen molar-refractivity contribution >= 4 is 11.6 Å². The monoisotopic (exact) mass is 251 g/mol. The Hall–Kier alpha value is -0.910. The summed E-state index contributed by atoms with van der Waals surface area (Å²) in [5.74, 6) is 5.10. The average Bonchev–Trinajstić information content (AvgIpc) is 2.20. The van der Waals surface area contributed by atoms with Crippen LogP contribution in [0.25, 0.3) is 0 Å². The predicted octanol–water partition coefficient (Wildman–Crippen LogP) is 3.07. The van der Waals surface area contributed by atoms with Crippen molar-refractivity contribution in [1.29, 1.82) is 0 Å². The van der Waals surface area contributed by atoms with Crippen molar-refractivity contribution in [2.75, 3.05) is 0 Å². The van der Waals surface area contributed by atoms with Crippen molar-refractivity contribution in [2.24, 2.45) is 5.90 Å². The van der Waals surface area contributed by atoms with E-state index in [1.54, 1.807) is 13.8 Å². The molecule has 6 heteroatoms. The van der Waals surface area contributed by atoms with Crippen LogP contribution in [0.1, 0.15) is 19.4 Å². The Kier molecular flexibility index (Phi) is 4.07. The van der Waals surface area contributed by atoms with E-state index in [1.807, 2.05) is 0 Å². The van der Waals surface area contributed by atoms with Crippen LogP contribution in [-0.2, 0) is 10.4 Å². The third-order valence-corrected chi connectivity index (χ3v) is 2.34. The van der Waals surface area contributed by atoms with Crippen molar-refractivity contribution in [3.05, 3.63) is 28.8 Å². The van der Waals surface area contributed by atoms with Gasteiger partial charge in [-0.25, -0.2) is 5.90 Å². The summed E-state index contributed by atoms with van der Waals surface area (Å²) in [4.78, 5) is 4.72. The molecule has 0 aromatic heterocycles. The summed E-state index contributed by atoms with van der Waals surface area (Å²) >= 11 is 5.78. The maximum Gasteiger partial charge on any atom is 0.387 e. The fraction of sp³-hybridized carbons (Fsp3) is 0.400. The van der Waals surface area contributed by atoms with Gasteiger partial charge >= 0.3 is 6.61 Å². The molecular weight excluding hydrogens is 240 g/mol. The number of ether oxygens (including phenoxy) is 1. The SMILES string of the molecule is CC(C)(ON)c1cc(Cl)ccc1OC(F)F. The lowest BCUT2D eigenvalue weighted by Gasteiger charge is -2.25. The lowest BCUT2D eigenvalue weighted by Crippen LogP contribution is -2.26. The molecular formula is C10H12ClF2NO2. The number of rotatable bonds is 4. The van der Waals surface area contributed by atoms with E-state index in [2.05, 4.69) is 4.74 Å². The third-order valence-electron chi connectivity index (χ3n) is 2.10. The smallest absolute Gasteiger partial charge is 0.387 e. The molecule has 1 rings (SSSR count). The first-order valence-corrected chi connectivity index (χ1v) is 4.87. The standard InChI is InChI=1S/C10H12ClF2NO2/c1-10(2,16-14)7-5-6(11)3-4-8(7)15-9(12)13/h3-5,9H,14H2,1-2H3. The molecule has 2 N–H and O–H groups in total. The Morgan fingerprint density at radius 1 is 1.38 bits per heavy atom. The van der Waals surface area contributed by atoms with Crippen LogP contribution in [0.2, 0.25) is 5.02 Å². The van der Waals surface area contributed by atoms with Crippen LogP contribution in [0.15, 0.2) is 18.2 Å². The topological polar surface area (TPSA) is 44.5 Å². The number of alkyl halides is 2. The molecule has 0 bridgehead atoms. The van der Waals surface area contributed by atoms with Gasteiger partial charge in [0.05, 0.1) is 0 Å². The summed E-state index contributed by atoms with van der Waals surface area (Å²) in [6.45, 7) is 0.335. The minimum atomic E-state index is -2.91. The van der Waals surface area contributed by atoms with Gasteiger partial charge in [0.2, 0.25) is 0 Å². The second kappa shape index (κ2) is 4.95. The Morgan fingerprint density at radius 2 is 2.00 bits per heavy atom. The molecule has 0 saturated carbocycles. The molecule has 0 aliphatic rings. The minimum Gasteiger partial charge on any atom is -0.434 e. The fourth-order valence-corrected chi connectivity index (χ4v) is 1.41. The van der Waals surface area contributed by atoms with E-state index < -0.39 is 12.2 Å². The maximum atomic E-state index is 12.2. The number of hydrogen-bond donors (Lipinski definition) is 1. The van der Waals surface area contributed by atoms with Crippen molar-refractivity contribution in [1.82, 2.24) is 0 Å². The molecule has 1 aromatic rings. The van der Waals surface area contributed by atoms with Gasteiger partial charge in [-0.05, 0) is 32.0 Å². The predicted molar refractivity (Wildman–Crippen MR) is 56.4 cm³/mol. The molecule has 16 heavy (non-hydrogen) atoms. The van der Waals surface area contributed by atoms with Gasteiger partial charge in [-0.1, -0.05) is 11.6 Å². The van der Waals surface area contributed by atoms with Gasteiger partial charge in [-0.15, -0.1) is 0 Å². The zero-order valence-electron chi connectivity index (χ0n) is 8.84. The molecule has 0 aliphatic heterocycles. The molecule has 0 spiro atoms. The van der Waals surface area contributed by atoms with Gasteiger partial charge < -0.3 is 4.74 Å². The highest BCUT2D eigenvalue weighted by atomic mass is 35.5. The summed E-state index contributed by atoms with van der Waals surface area (Å²) < 4.78 is 28.7. The second-order valence-electron chi connectivity index (χ2n) is 3.65. The Balaban J connectivity index is 3.18. The van der Waals surface area contributed by atoms with Gasteiger partial charge in [0.1, 0.15) is 11.4 Å². The average molecular weight is 252 g/mol. The highest BCUT2D eigenvalue weighted by molar-refractivity contribution is 6.30. The van der Waals surface area contributed by atoms with Gasteiger partial charge in [0, 0.05) is 10.6 Å². The maximum absolute atomic E-state index is 12.2. The van der Waals surface area contributed by atoms with Crippen LogP contribution in [-0.4, -0.2) is 6.61 Å². The van der Waals surface area contributed by atoms with Crippen LogP contribution in [0.3, 0.4) is 0 Å². The Labute approximate surface area is 97.0 Å². The third kappa shape index (κ3) is 3.04. The quantitative estimate of drug-likeness (QED) is 0.837. The molecule has 0 radical (unpaired) electrons. The zero-order valence-corrected chi connectivity index (χ0v) is 9.59. The molecule has 0 saturated heterocycles. The lowest BCUT2D eigenvalue weighted by atomic mass is 9.97. The van der Waals surface area contributed by atoms with E-state index in [4.69, 9.17) is 22.3 Å². The molecule has 0 heterocycles. The summed E-state index contributed by atoms with van der Waals surface area (Å²) in [5, 5.41) is 0.391. The number of hydrogen-bond acceptors (Lipinski definition) is 3. The minimum absolute atomic E-state index is 0.00477. The molecule has 3 nitrogen and oxygen atoms in total. The van der Waals surface area contributed by atoms with E-state index in [0.717, 1.165) is 0 Å². The van der Waals surface area contributed by atoms with E-state index in [9.17, 15) is 8.78 Å². The molecule has 0 amide bonds. The molecule has 1 aromatic carbocycles. The number of nitrogens with two attached hydrogens (primary N) is 1. The second-order valence-corrected chi connectivity index (χ2v) is 4.08. The Morgan fingerprint density at radius 3 is 2.50 bits per heavy atom. The number of benzene rings is 1. The van der Waals surface area contributed by atoms with Crippen molar-refractivity contribution < 1.29 is 18.4 Å². The molecule has 0 atom stereocenters. The number of halogens is 3. The van der Waals surface area contributed by atoms with Crippen LogP contribution in [0.4, 0.5) is 8.78 Å². The first-order chi connectivity index (χ1) is 7.36. The zero-order chi connectivity index (χ0) is 12.3. The first kappa shape index (κ1) is 13.2. The van der Waals surface area contributed by atoms with Crippen LogP contribution >= 0.6 is 11.6 Å². The molecule has 0 fully saturated rings. The van der Waals surface area contributed by atoms with E-state index in [-0.39, 0.29) is 5.75 Å². The summed E-state index contributed by atoms with van der Waals surface area (Å²) in [5.41, 5.74) is -0.599. The highest BCUT2D eigenvalue weighted by Crippen LogP contribution is 2.34. The molecule has 0 unspecified atom stereocenters. The molecule has 0 aliphatic carbocycles. The fourth-order valence-electron chi connectivity index (χ4n) is 1.23. The van der Waals surface area contributed by atoms with Crippen LogP contribution < -0.4 is 10.6 Å². The van der Waals surface area contributed by atoms with Gasteiger partial charge in [-0.2, -0.15) is 8.78 Å². The van der Waals surface area contributed by atoms with Gasteiger partial charge in [0.15, 0.2) is 0 Å². The Bertz CT molecular complexity index is 372. The van der Waals surface area contributed by atoms with Gasteiger partial charge in [0.25, 0.3) is 0 Å². The summed E-state index contributed by atoms with van der Waals surface area (Å²) in [7, 11) is 0. The van der Waals surface area contributed by atoms with E-state index in [0.29, 0.717) is 10.6 Å².